The summed E-state index contributed by atoms with van der Waals surface area (Å²) in [6.07, 6.45) is 0.927. The molecule has 1 atom stereocenters. The summed E-state index contributed by atoms with van der Waals surface area (Å²) in [5.74, 6) is 1.25. The number of halogens is 1. The second-order valence-corrected chi connectivity index (χ2v) is 5.85. The van der Waals surface area contributed by atoms with Gasteiger partial charge >= 0.3 is 0 Å². The average molecular weight is 334 g/mol. The molecular weight excluding hydrogens is 314 g/mol. The van der Waals surface area contributed by atoms with E-state index in [9.17, 15) is 0 Å². The first-order chi connectivity index (χ1) is 9.69. The molecule has 20 heavy (non-hydrogen) atoms. The van der Waals surface area contributed by atoms with Crippen molar-refractivity contribution >= 4 is 15.9 Å². The third-order valence-electron chi connectivity index (χ3n) is 3.35. The summed E-state index contributed by atoms with van der Waals surface area (Å²) < 4.78 is 6.83. The van der Waals surface area contributed by atoms with Crippen molar-refractivity contribution in [2.75, 3.05) is 13.2 Å². The van der Waals surface area contributed by atoms with Gasteiger partial charge in [-0.2, -0.15) is 0 Å². The third kappa shape index (κ3) is 4.36. The van der Waals surface area contributed by atoms with E-state index in [4.69, 9.17) is 10.5 Å². The lowest BCUT2D eigenvalue weighted by Gasteiger charge is -2.16. The molecule has 0 heterocycles. The summed E-state index contributed by atoms with van der Waals surface area (Å²) in [7, 11) is 0. The summed E-state index contributed by atoms with van der Waals surface area (Å²) >= 11 is 3.41. The van der Waals surface area contributed by atoms with E-state index < -0.39 is 0 Å². The van der Waals surface area contributed by atoms with Crippen LogP contribution in [0.5, 0.6) is 5.75 Å². The number of benzene rings is 2. The van der Waals surface area contributed by atoms with Gasteiger partial charge in [-0.3, -0.25) is 0 Å². The van der Waals surface area contributed by atoms with Crippen LogP contribution in [-0.2, 0) is 0 Å². The van der Waals surface area contributed by atoms with Gasteiger partial charge in [0.2, 0.25) is 0 Å². The Morgan fingerprint density at radius 3 is 2.55 bits per heavy atom. The van der Waals surface area contributed by atoms with Crippen LogP contribution in [0.1, 0.15) is 23.5 Å². The molecule has 0 radical (unpaired) electrons. The van der Waals surface area contributed by atoms with Gasteiger partial charge in [0.25, 0.3) is 0 Å². The highest BCUT2D eigenvalue weighted by Gasteiger charge is 2.10. The molecule has 0 spiro atoms. The first-order valence-corrected chi connectivity index (χ1v) is 7.63. The van der Waals surface area contributed by atoms with Crippen molar-refractivity contribution in [1.82, 2.24) is 0 Å². The minimum Gasteiger partial charge on any atom is -0.494 e. The van der Waals surface area contributed by atoms with Crippen molar-refractivity contribution in [2.45, 2.75) is 19.3 Å². The second kappa shape index (κ2) is 7.46. The number of aryl methyl sites for hydroxylation is 1. The number of hydrogen-bond acceptors (Lipinski definition) is 2. The van der Waals surface area contributed by atoms with E-state index in [1.165, 1.54) is 11.1 Å². The van der Waals surface area contributed by atoms with E-state index in [2.05, 4.69) is 47.1 Å². The molecule has 3 heteroatoms. The largest absolute Gasteiger partial charge is 0.494 e. The van der Waals surface area contributed by atoms with Crippen molar-refractivity contribution in [1.29, 1.82) is 0 Å². The molecule has 0 amide bonds. The molecule has 106 valence electrons. The highest BCUT2D eigenvalue weighted by atomic mass is 79.9. The number of nitrogens with two attached hydrogens (primary N) is 1. The summed E-state index contributed by atoms with van der Waals surface area (Å²) in [6.45, 7) is 3.43. The number of hydrogen-bond donors (Lipinski definition) is 1. The van der Waals surface area contributed by atoms with Crippen LogP contribution in [0.2, 0.25) is 0 Å². The van der Waals surface area contributed by atoms with Gasteiger partial charge in [-0.05, 0) is 55.6 Å². The fourth-order valence-electron chi connectivity index (χ4n) is 2.19. The highest BCUT2D eigenvalue weighted by molar-refractivity contribution is 9.10. The Kier molecular flexibility index (Phi) is 5.62. The predicted octanol–water partition coefficient (Wildman–Crippen LogP) is 4.27. The molecule has 2 aromatic rings. The smallest absolute Gasteiger partial charge is 0.119 e. The molecule has 1 unspecified atom stereocenters. The molecule has 0 aromatic heterocycles. The predicted molar refractivity (Wildman–Crippen MR) is 87.2 cm³/mol. The Morgan fingerprint density at radius 2 is 1.90 bits per heavy atom. The van der Waals surface area contributed by atoms with Gasteiger partial charge in [0, 0.05) is 4.47 Å². The van der Waals surface area contributed by atoms with Crippen molar-refractivity contribution in [3.8, 4) is 5.75 Å². The lowest BCUT2D eigenvalue weighted by Crippen LogP contribution is -2.15. The van der Waals surface area contributed by atoms with Gasteiger partial charge in [-0.15, -0.1) is 0 Å². The van der Waals surface area contributed by atoms with Crippen molar-refractivity contribution in [3.63, 3.8) is 0 Å². The Labute approximate surface area is 129 Å². The molecule has 0 bridgehead atoms. The normalized spacial score (nSPS) is 12.2. The summed E-state index contributed by atoms with van der Waals surface area (Å²) in [6, 6.07) is 16.4. The molecule has 2 nitrogen and oxygen atoms in total. The Morgan fingerprint density at radius 1 is 1.15 bits per heavy atom. The molecule has 2 N–H and O–H groups in total. The van der Waals surface area contributed by atoms with Crippen LogP contribution in [0.15, 0.2) is 53.0 Å². The summed E-state index contributed by atoms with van der Waals surface area (Å²) in [5.41, 5.74) is 8.46. The third-order valence-corrected chi connectivity index (χ3v) is 3.88. The van der Waals surface area contributed by atoms with Crippen LogP contribution in [0.25, 0.3) is 0 Å². The van der Waals surface area contributed by atoms with Crippen molar-refractivity contribution < 1.29 is 4.74 Å². The maximum absolute atomic E-state index is 5.89. The minimum absolute atomic E-state index is 0.352. The maximum atomic E-state index is 5.89. The van der Waals surface area contributed by atoms with Gasteiger partial charge in [0.1, 0.15) is 5.75 Å². The van der Waals surface area contributed by atoms with Crippen molar-refractivity contribution in [2.24, 2.45) is 5.73 Å². The van der Waals surface area contributed by atoms with Gasteiger partial charge in [-0.1, -0.05) is 45.8 Å². The highest BCUT2D eigenvalue weighted by Crippen LogP contribution is 2.21. The Bertz CT molecular complexity index is 539. The molecule has 2 rings (SSSR count). The molecule has 0 saturated carbocycles. The van der Waals surface area contributed by atoms with Gasteiger partial charge < -0.3 is 10.5 Å². The Balaban J connectivity index is 1.89. The van der Waals surface area contributed by atoms with Gasteiger partial charge in [0.15, 0.2) is 0 Å². The van der Waals surface area contributed by atoms with Crippen LogP contribution in [0.3, 0.4) is 0 Å². The Hall–Kier alpha value is -1.32. The average Bonchev–Trinajstić information content (AvgIpc) is 2.45. The second-order valence-electron chi connectivity index (χ2n) is 4.94. The van der Waals surface area contributed by atoms with Crippen LogP contribution >= 0.6 is 15.9 Å². The van der Waals surface area contributed by atoms with Crippen LogP contribution in [-0.4, -0.2) is 13.2 Å². The SMILES string of the molecule is Cc1cccc(C(CN)CCOc2ccc(Br)cc2)c1. The van der Waals surface area contributed by atoms with Crippen LogP contribution in [0, 0.1) is 6.92 Å². The molecule has 2 aromatic carbocycles. The quantitative estimate of drug-likeness (QED) is 0.856. The van der Waals surface area contributed by atoms with Gasteiger partial charge in [0.05, 0.1) is 6.61 Å². The minimum atomic E-state index is 0.352. The summed E-state index contributed by atoms with van der Waals surface area (Å²) in [4.78, 5) is 0. The van der Waals surface area contributed by atoms with E-state index in [-0.39, 0.29) is 0 Å². The monoisotopic (exact) mass is 333 g/mol. The molecule has 0 saturated heterocycles. The van der Waals surface area contributed by atoms with Crippen LogP contribution in [0.4, 0.5) is 0 Å². The topological polar surface area (TPSA) is 35.2 Å². The lowest BCUT2D eigenvalue weighted by atomic mass is 9.95. The van der Waals surface area contributed by atoms with Crippen molar-refractivity contribution in [3.05, 3.63) is 64.1 Å². The molecule has 0 aliphatic rings. The fraction of sp³-hybridized carbons (Fsp3) is 0.294. The zero-order chi connectivity index (χ0) is 14.4. The molecule has 0 fully saturated rings. The lowest BCUT2D eigenvalue weighted by molar-refractivity contribution is 0.298. The van der Waals surface area contributed by atoms with E-state index in [0.29, 0.717) is 19.1 Å². The number of ether oxygens (including phenoxy) is 1. The molecule has 0 aliphatic carbocycles. The maximum Gasteiger partial charge on any atom is 0.119 e. The zero-order valence-corrected chi connectivity index (χ0v) is 13.3. The van der Waals surface area contributed by atoms with Crippen LogP contribution < -0.4 is 10.5 Å². The number of rotatable bonds is 6. The zero-order valence-electron chi connectivity index (χ0n) is 11.7. The fourth-order valence-corrected chi connectivity index (χ4v) is 2.46. The van der Waals surface area contributed by atoms with E-state index >= 15 is 0 Å². The van der Waals surface area contributed by atoms with Gasteiger partial charge in [-0.25, -0.2) is 0 Å². The first-order valence-electron chi connectivity index (χ1n) is 6.84. The summed E-state index contributed by atoms with van der Waals surface area (Å²) in [5, 5.41) is 0. The first kappa shape index (κ1) is 15.1. The molecular formula is C17H20BrNO. The van der Waals surface area contributed by atoms with E-state index in [1.54, 1.807) is 0 Å². The molecule has 0 aliphatic heterocycles. The van der Waals surface area contributed by atoms with E-state index in [1.807, 2.05) is 24.3 Å². The standard InChI is InChI=1S/C17H20BrNO/c1-13-3-2-4-14(11-13)15(12-19)9-10-20-17-7-5-16(18)6-8-17/h2-8,11,15H,9-10,12,19H2,1H3. The van der Waals surface area contributed by atoms with E-state index in [0.717, 1.165) is 16.6 Å².